The predicted octanol–water partition coefficient (Wildman–Crippen LogP) is 0.412. The fourth-order valence-corrected chi connectivity index (χ4v) is 3.52. The second-order valence-corrected chi connectivity index (χ2v) is 6.94. The standard InChI is InChI=1S/C19H26N4O4/c1-2-21-19(25)23-11-17-9-22(10-18(12-23)27-17)8-15(24)13-26-16-5-3-14(7-20)4-6-16/h3-6,15,17-18,24H,2,8-13H2,1H3,(H,21,25). The summed E-state index contributed by atoms with van der Waals surface area (Å²) in [7, 11) is 0. The summed E-state index contributed by atoms with van der Waals surface area (Å²) in [5.41, 5.74) is 0.574. The van der Waals surface area contributed by atoms with Gasteiger partial charge in [0, 0.05) is 39.3 Å². The minimum Gasteiger partial charge on any atom is -0.491 e. The van der Waals surface area contributed by atoms with Crippen molar-refractivity contribution in [2.45, 2.75) is 25.2 Å². The van der Waals surface area contributed by atoms with E-state index in [9.17, 15) is 9.90 Å². The molecule has 0 saturated carbocycles. The van der Waals surface area contributed by atoms with Gasteiger partial charge in [-0.2, -0.15) is 5.26 Å². The molecular formula is C19H26N4O4. The third-order valence-corrected chi connectivity index (χ3v) is 4.67. The lowest BCUT2D eigenvalue weighted by Gasteiger charge is -2.46. The van der Waals surface area contributed by atoms with Gasteiger partial charge >= 0.3 is 6.03 Å². The lowest BCUT2D eigenvalue weighted by atomic mass is 10.1. The summed E-state index contributed by atoms with van der Waals surface area (Å²) in [6, 6.07) is 8.83. The third-order valence-electron chi connectivity index (χ3n) is 4.67. The largest absolute Gasteiger partial charge is 0.491 e. The predicted molar refractivity (Wildman–Crippen MR) is 98.4 cm³/mol. The summed E-state index contributed by atoms with van der Waals surface area (Å²) in [5, 5.41) is 21.9. The van der Waals surface area contributed by atoms with Crippen molar-refractivity contribution in [3.8, 4) is 11.8 Å². The van der Waals surface area contributed by atoms with Crippen molar-refractivity contribution in [1.82, 2.24) is 15.1 Å². The SMILES string of the molecule is CCNC(=O)N1CC2CN(CC(O)COc3ccc(C#N)cc3)CC(C1)O2. The molecule has 2 amide bonds. The first kappa shape index (κ1) is 19.4. The number of ether oxygens (including phenoxy) is 2. The van der Waals surface area contributed by atoms with Crippen molar-refractivity contribution in [3.05, 3.63) is 29.8 Å². The Hall–Kier alpha value is -2.34. The first-order valence-electron chi connectivity index (χ1n) is 9.29. The molecule has 3 atom stereocenters. The Kier molecular flexibility index (Phi) is 6.50. The molecule has 2 bridgehead atoms. The number of nitriles is 1. The van der Waals surface area contributed by atoms with Gasteiger partial charge in [-0.3, -0.25) is 4.90 Å². The third kappa shape index (κ3) is 5.32. The molecule has 2 aliphatic rings. The molecule has 2 aliphatic heterocycles. The molecule has 27 heavy (non-hydrogen) atoms. The summed E-state index contributed by atoms with van der Waals surface area (Å²) < 4.78 is 11.5. The zero-order valence-corrected chi connectivity index (χ0v) is 15.5. The topological polar surface area (TPSA) is 98.1 Å². The zero-order valence-electron chi connectivity index (χ0n) is 15.5. The fraction of sp³-hybridized carbons (Fsp3) is 0.579. The highest BCUT2D eigenvalue weighted by Crippen LogP contribution is 2.20. The average Bonchev–Trinajstić information content (AvgIpc) is 2.66. The number of urea groups is 1. The van der Waals surface area contributed by atoms with E-state index in [0.29, 0.717) is 50.6 Å². The van der Waals surface area contributed by atoms with Crippen LogP contribution in [0.5, 0.6) is 5.75 Å². The van der Waals surface area contributed by atoms with Crippen LogP contribution in [0.15, 0.2) is 24.3 Å². The van der Waals surface area contributed by atoms with Gasteiger partial charge in [0.15, 0.2) is 0 Å². The number of β-amino-alcohol motifs (C(OH)–C–C–N with tert-alkyl or cyclic N) is 1. The maximum Gasteiger partial charge on any atom is 0.317 e. The van der Waals surface area contributed by atoms with Crippen molar-refractivity contribution in [1.29, 1.82) is 5.26 Å². The highest BCUT2D eigenvalue weighted by molar-refractivity contribution is 5.74. The van der Waals surface area contributed by atoms with E-state index in [1.807, 2.05) is 11.8 Å². The van der Waals surface area contributed by atoms with Gasteiger partial charge in [-0.15, -0.1) is 0 Å². The van der Waals surface area contributed by atoms with E-state index in [-0.39, 0.29) is 24.8 Å². The molecule has 0 aromatic heterocycles. The minimum atomic E-state index is -0.626. The monoisotopic (exact) mass is 374 g/mol. The van der Waals surface area contributed by atoms with Crippen LogP contribution in [0.3, 0.4) is 0 Å². The van der Waals surface area contributed by atoms with Crippen molar-refractivity contribution < 1.29 is 19.4 Å². The smallest absolute Gasteiger partial charge is 0.317 e. The average molecular weight is 374 g/mol. The second-order valence-electron chi connectivity index (χ2n) is 6.94. The van der Waals surface area contributed by atoms with Crippen LogP contribution in [0.25, 0.3) is 0 Å². The molecule has 3 rings (SSSR count). The molecule has 146 valence electrons. The number of rotatable bonds is 6. The molecule has 8 heteroatoms. The number of carbonyl (C=O) groups excluding carboxylic acids is 1. The number of amides is 2. The number of hydrogen-bond acceptors (Lipinski definition) is 6. The molecule has 2 N–H and O–H groups in total. The molecule has 0 aliphatic carbocycles. The van der Waals surface area contributed by atoms with Gasteiger partial charge in [0.2, 0.25) is 0 Å². The normalized spacial score (nSPS) is 23.4. The highest BCUT2D eigenvalue weighted by Gasteiger charge is 2.37. The molecule has 0 spiro atoms. The van der Waals surface area contributed by atoms with E-state index in [1.54, 1.807) is 24.3 Å². The second kappa shape index (κ2) is 9.04. The van der Waals surface area contributed by atoms with Crippen LogP contribution in [0.4, 0.5) is 4.79 Å². The fourth-order valence-electron chi connectivity index (χ4n) is 3.52. The van der Waals surface area contributed by atoms with Crippen LogP contribution in [0.2, 0.25) is 0 Å². The van der Waals surface area contributed by atoms with Crippen LogP contribution in [0.1, 0.15) is 12.5 Å². The molecule has 2 fully saturated rings. The van der Waals surface area contributed by atoms with E-state index >= 15 is 0 Å². The van der Waals surface area contributed by atoms with Crippen LogP contribution < -0.4 is 10.1 Å². The van der Waals surface area contributed by atoms with E-state index < -0.39 is 6.10 Å². The van der Waals surface area contributed by atoms with Crippen LogP contribution in [-0.2, 0) is 4.74 Å². The summed E-state index contributed by atoms with van der Waals surface area (Å²) in [5.74, 6) is 0.629. The molecule has 1 aromatic rings. The minimum absolute atomic E-state index is 0.0354. The van der Waals surface area contributed by atoms with Crippen molar-refractivity contribution in [3.63, 3.8) is 0 Å². The Balaban J connectivity index is 1.44. The first-order valence-corrected chi connectivity index (χ1v) is 9.29. The number of aliphatic hydroxyl groups excluding tert-OH is 1. The number of nitrogens with one attached hydrogen (secondary N) is 1. The lowest BCUT2D eigenvalue weighted by molar-refractivity contribution is -0.134. The lowest BCUT2D eigenvalue weighted by Crippen LogP contribution is -2.62. The van der Waals surface area contributed by atoms with Crippen molar-refractivity contribution in [2.24, 2.45) is 0 Å². The van der Waals surface area contributed by atoms with Crippen LogP contribution in [0, 0.1) is 11.3 Å². The van der Waals surface area contributed by atoms with Crippen LogP contribution >= 0.6 is 0 Å². The molecule has 8 nitrogen and oxygen atoms in total. The Morgan fingerprint density at radius 1 is 1.33 bits per heavy atom. The van der Waals surface area contributed by atoms with Crippen LogP contribution in [-0.4, -0.2) is 85.1 Å². The zero-order chi connectivity index (χ0) is 19.2. The maximum atomic E-state index is 12.0. The highest BCUT2D eigenvalue weighted by atomic mass is 16.5. The summed E-state index contributed by atoms with van der Waals surface area (Å²) in [6.07, 6.45) is -0.697. The Morgan fingerprint density at radius 3 is 2.59 bits per heavy atom. The van der Waals surface area contributed by atoms with Gasteiger partial charge in [-0.1, -0.05) is 0 Å². The molecule has 2 saturated heterocycles. The van der Waals surface area contributed by atoms with E-state index in [2.05, 4.69) is 16.3 Å². The number of fused-ring (bicyclic) bond motifs is 2. The Bertz CT molecular complexity index is 661. The molecule has 1 aromatic carbocycles. The van der Waals surface area contributed by atoms with E-state index in [1.165, 1.54) is 0 Å². The molecular weight excluding hydrogens is 348 g/mol. The Morgan fingerprint density at radius 2 is 2.00 bits per heavy atom. The number of carbonyl (C=O) groups is 1. The first-order chi connectivity index (χ1) is 13.1. The summed E-state index contributed by atoms with van der Waals surface area (Å²) >= 11 is 0. The summed E-state index contributed by atoms with van der Waals surface area (Å²) in [4.78, 5) is 16.0. The van der Waals surface area contributed by atoms with E-state index in [4.69, 9.17) is 14.7 Å². The molecule has 2 heterocycles. The summed E-state index contributed by atoms with van der Waals surface area (Å²) in [6.45, 7) is 5.69. The van der Waals surface area contributed by atoms with E-state index in [0.717, 1.165) is 0 Å². The quantitative estimate of drug-likeness (QED) is 0.749. The van der Waals surface area contributed by atoms with Gasteiger partial charge in [0.05, 0.1) is 23.8 Å². The number of nitrogens with zero attached hydrogens (tertiary/aromatic N) is 3. The molecule has 3 unspecified atom stereocenters. The van der Waals surface area contributed by atoms with Gasteiger partial charge in [0.1, 0.15) is 18.5 Å². The van der Waals surface area contributed by atoms with Gasteiger partial charge in [-0.05, 0) is 31.2 Å². The maximum absolute atomic E-state index is 12.0. The number of benzene rings is 1. The van der Waals surface area contributed by atoms with Gasteiger partial charge in [0.25, 0.3) is 0 Å². The Labute approximate surface area is 159 Å². The number of morpholine rings is 2. The van der Waals surface area contributed by atoms with Crippen molar-refractivity contribution in [2.75, 3.05) is 45.9 Å². The number of aliphatic hydroxyl groups is 1. The van der Waals surface area contributed by atoms with Gasteiger partial charge < -0.3 is 24.8 Å². The molecule has 0 radical (unpaired) electrons. The number of hydrogen-bond donors (Lipinski definition) is 2. The van der Waals surface area contributed by atoms with Crippen molar-refractivity contribution >= 4 is 6.03 Å². The van der Waals surface area contributed by atoms with Gasteiger partial charge in [-0.25, -0.2) is 4.79 Å².